The van der Waals surface area contributed by atoms with Gasteiger partial charge in [-0.25, -0.2) is 9.78 Å². The molecule has 0 aliphatic carbocycles. The number of thiazole rings is 1. The van der Waals surface area contributed by atoms with E-state index in [0.29, 0.717) is 5.69 Å². The summed E-state index contributed by atoms with van der Waals surface area (Å²) in [5.41, 5.74) is 4.02. The van der Waals surface area contributed by atoms with Gasteiger partial charge in [-0.05, 0) is 24.6 Å². The van der Waals surface area contributed by atoms with Gasteiger partial charge in [0.25, 0.3) is 0 Å². The number of carboxylic acids is 1. The van der Waals surface area contributed by atoms with E-state index in [9.17, 15) is 9.90 Å². The number of aromatic nitrogens is 1. The highest BCUT2D eigenvalue weighted by molar-refractivity contribution is 7.07. The normalized spacial score (nSPS) is 12.1. The average Bonchev–Trinajstić information content (AvgIpc) is 2.78. The summed E-state index contributed by atoms with van der Waals surface area (Å²) < 4.78 is 0. The molecule has 88 valence electrons. The standard InChI is InChI=1S/C12H12N2O2S/c1-8-3-2-4-9(5-8)14-11(12(15)16)10-6-17-7-13-10/h2-7,11,14H,1H3,(H,15,16). The predicted octanol–water partition coefficient (Wildman–Crippen LogP) is 2.69. The van der Waals surface area contributed by atoms with Crippen molar-refractivity contribution in [1.29, 1.82) is 0 Å². The van der Waals surface area contributed by atoms with Crippen molar-refractivity contribution in [2.24, 2.45) is 0 Å². The van der Waals surface area contributed by atoms with Crippen LogP contribution in [0.2, 0.25) is 0 Å². The number of carbonyl (C=O) groups is 1. The second-order valence-corrected chi connectivity index (χ2v) is 4.42. The average molecular weight is 248 g/mol. The molecule has 2 N–H and O–H groups in total. The molecule has 0 radical (unpaired) electrons. The van der Waals surface area contributed by atoms with Crippen LogP contribution in [0.3, 0.4) is 0 Å². The van der Waals surface area contributed by atoms with E-state index in [0.717, 1.165) is 11.3 Å². The van der Waals surface area contributed by atoms with Crippen LogP contribution in [0.15, 0.2) is 35.2 Å². The molecule has 0 amide bonds. The molecule has 0 aliphatic rings. The summed E-state index contributed by atoms with van der Waals surface area (Å²) in [7, 11) is 0. The van der Waals surface area contributed by atoms with Crippen molar-refractivity contribution >= 4 is 23.0 Å². The van der Waals surface area contributed by atoms with Gasteiger partial charge < -0.3 is 10.4 Å². The fraction of sp³-hybridized carbons (Fsp3) is 0.167. The largest absolute Gasteiger partial charge is 0.479 e. The number of aryl methyl sites for hydroxylation is 1. The van der Waals surface area contributed by atoms with Gasteiger partial charge >= 0.3 is 5.97 Å². The Bertz CT molecular complexity index is 511. The van der Waals surface area contributed by atoms with Crippen molar-refractivity contribution in [2.45, 2.75) is 13.0 Å². The molecule has 1 aromatic heterocycles. The van der Waals surface area contributed by atoms with E-state index in [2.05, 4.69) is 10.3 Å². The van der Waals surface area contributed by atoms with Crippen LogP contribution >= 0.6 is 11.3 Å². The van der Waals surface area contributed by atoms with Gasteiger partial charge in [-0.3, -0.25) is 0 Å². The maximum atomic E-state index is 11.2. The summed E-state index contributed by atoms with van der Waals surface area (Å²) in [5, 5.41) is 13.9. The van der Waals surface area contributed by atoms with E-state index < -0.39 is 12.0 Å². The van der Waals surface area contributed by atoms with E-state index in [1.165, 1.54) is 11.3 Å². The Morgan fingerprint density at radius 2 is 2.35 bits per heavy atom. The van der Waals surface area contributed by atoms with Gasteiger partial charge in [0.1, 0.15) is 0 Å². The maximum Gasteiger partial charge on any atom is 0.332 e. The monoisotopic (exact) mass is 248 g/mol. The Morgan fingerprint density at radius 1 is 1.53 bits per heavy atom. The first-order valence-electron chi connectivity index (χ1n) is 5.11. The Balaban J connectivity index is 2.22. The molecule has 2 aromatic rings. The Morgan fingerprint density at radius 3 is 2.94 bits per heavy atom. The molecule has 1 atom stereocenters. The molecular formula is C12H12N2O2S. The SMILES string of the molecule is Cc1cccc(NC(C(=O)O)c2cscn2)c1. The summed E-state index contributed by atoms with van der Waals surface area (Å²) in [6.07, 6.45) is 0. The molecule has 4 nitrogen and oxygen atoms in total. The molecule has 0 fully saturated rings. The Hall–Kier alpha value is -1.88. The van der Waals surface area contributed by atoms with Crippen LogP contribution in [-0.2, 0) is 4.79 Å². The second kappa shape index (κ2) is 4.97. The second-order valence-electron chi connectivity index (χ2n) is 3.70. The maximum absolute atomic E-state index is 11.2. The molecule has 17 heavy (non-hydrogen) atoms. The minimum Gasteiger partial charge on any atom is -0.479 e. The number of anilines is 1. The van der Waals surface area contributed by atoms with E-state index >= 15 is 0 Å². The minimum absolute atomic E-state index is 0.531. The number of rotatable bonds is 4. The van der Waals surface area contributed by atoms with Gasteiger partial charge in [-0.2, -0.15) is 0 Å². The topological polar surface area (TPSA) is 62.2 Å². The highest BCUT2D eigenvalue weighted by Gasteiger charge is 2.21. The van der Waals surface area contributed by atoms with E-state index in [1.807, 2.05) is 31.2 Å². The molecule has 0 spiro atoms. The van der Waals surface area contributed by atoms with Gasteiger partial charge in [-0.15, -0.1) is 11.3 Å². The van der Waals surface area contributed by atoms with Crippen molar-refractivity contribution in [1.82, 2.24) is 4.98 Å². The van der Waals surface area contributed by atoms with Crippen LogP contribution < -0.4 is 5.32 Å². The predicted molar refractivity (Wildman–Crippen MR) is 67.3 cm³/mol. The van der Waals surface area contributed by atoms with Crippen molar-refractivity contribution < 1.29 is 9.90 Å². The molecule has 0 saturated carbocycles. The lowest BCUT2D eigenvalue weighted by Gasteiger charge is -2.14. The Kier molecular flexibility index (Phi) is 3.39. The fourth-order valence-corrected chi connectivity index (χ4v) is 2.11. The molecule has 0 aliphatic heterocycles. The van der Waals surface area contributed by atoms with Gasteiger partial charge in [0.05, 0.1) is 11.2 Å². The quantitative estimate of drug-likeness (QED) is 0.873. The van der Waals surface area contributed by atoms with Crippen LogP contribution in [0.4, 0.5) is 5.69 Å². The van der Waals surface area contributed by atoms with Gasteiger partial charge in [0.2, 0.25) is 0 Å². The Labute approximate surface area is 103 Å². The number of nitrogens with zero attached hydrogens (tertiary/aromatic N) is 1. The van der Waals surface area contributed by atoms with Crippen molar-refractivity contribution in [3.05, 3.63) is 46.4 Å². The zero-order valence-electron chi connectivity index (χ0n) is 9.25. The lowest BCUT2D eigenvalue weighted by Crippen LogP contribution is -2.20. The third-order valence-electron chi connectivity index (χ3n) is 2.32. The minimum atomic E-state index is -0.933. The zero-order chi connectivity index (χ0) is 12.3. The van der Waals surface area contributed by atoms with E-state index in [1.54, 1.807) is 10.9 Å². The van der Waals surface area contributed by atoms with Crippen LogP contribution in [0.25, 0.3) is 0 Å². The highest BCUT2D eigenvalue weighted by atomic mass is 32.1. The molecule has 0 bridgehead atoms. The molecule has 1 heterocycles. The lowest BCUT2D eigenvalue weighted by molar-refractivity contribution is -0.138. The van der Waals surface area contributed by atoms with Crippen LogP contribution in [0.1, 0.15) is 17.3 Å². The molecule has 0 saturated heterocycles. The summed E-state index contributed by atoms with van der Waals surface area (Å²) in [6.45, 7) is 1.96. The first-order valence-corrected chi connectivity index (χ1v) is 6.05. The number of carboxylic acid groups (broad SMARTS) is 1. The molecular weight excluding hydrogens is 236 g/mol. The van der Waals surface area contributed by atoms with Gasteiger partial charge in [0.15, 0.2) is 6.04 Å². The number of benzene rings is 1. The highest BCUT2D eigenvalue weighted by Crippen LogP contribution is 2.20. The zero-order valence-corrected chi connectivity index (χ0v) is 10.1. The molecule has 1 aromatic carbocycles. The van der Waals surface area contributed by atoms with Crippen LogP contribution in [-0.4, -0.2) is 16.1 Å². The van der Waals surface area contributed by atoms with E-state index in [-0.39, 0.29) is 0 Å². The summed E-state index contributed by atoms with van der Waals surface area (Å²) in [6, 6.07) is 6.79. The fourth-order valence-electron chi connectivity index (χ4n) is 1.53. The summed E-state index contributed by atoms with van der Waals surface area (Å²) >= 11 is 1.38. The first kappa shape index (κ1) is 11.6. The van der Waals surface area contributed by atoms with E-state index in [4.69, 9.17) is 0 Å². The third-order valence-corrected chi connectivity index (χ3v) is 2.93. The first-order chi connectivity index (χ1) is 8.16. The van der Waals surface area contributed by atoms with Gasteiger partial charge in [0, 0.05) is 11.1 Å². The van der Waals surface area contributed by atoms with Crippen LogP contribution in [0, 0.1) is 6.92 Å². The number of aliphatic carboxylic acids is 1. The summed E-state index contributed by atoms with van der Waals surface area (Å²) in [5.74, 6) is -0.933. The molecule has 1 unspecified atom stereocenters. The molecule has 5 heteroatoms. The molecule has 2 rings (SSSR count). The van der Waals surface area contributed by atoms with Crippen molar-refractivity contribution in [3.8, 4) is 0 Å². The number of hydrogen-bond donors (Lipinski definition) is 2. The number of hydrogen-bond acceptors (Lipinski definition) is 4. The smallest absolute Gasteiger partial charge is 0.332 e. The van der Waals surface area contributed by atoms with Crippen LogP contribution in [0.5, 0.6) is 0 Å². The lowest BCUT2D eigenvalue weighted by atomic mass is 10.2. The number of nitrogens with one attached hydrogen (secondary N) is 1. The van der Waals surface area contributed by atoms with Crippen molar-refractivity contribution in [3.63, 3.8) is 0 Å². The van der Waals surface area contributed by atoms with Crippen molar-refractivity contribution in [2.75, 3.05) is 5.32 Å². The summed E-state index contributed by atoms with van der Waals surface area (Å²) in [4.78, 5) is 15.2. The van der Waals surface area contributed by atoms with Gasteiger partial charge in [-0.1, -0.05) is 12.1 Å². The third kappa shape index (κ3) is 2.82.